The second-order valence-electron chi connectivity index (χ2n) is 8.73. The van der Waals surface area contributed by atoms with Crippen molar-refractivity contribution >= 4 is 16.9 Å². The maximum Gasteiger partial charge on any atom is 0.306 e. The van der Waals surface area contributed by atoms with Crippen LogP contribution in [0.4, 0.5) is 0 Å². The Bertz CT molecular complexity index is 1200. The average molecular weight is 426 g/mol. The molecule has 0 spiro atoms. The summed E-state index contributed by atoms with van der Waals surface area (Å²) in [6, 6.07) is 27.6. The minimum Gasteiger partial charge on any atom is -0.481 e. The minimum atomic E-state index is -0.660. The van der Waals surface area contributed by atoms with Crippen molar-refractivity contribution in [1.82, 2.24) is 4.90 Å². The molecule has 162 valence electrons. The zero-order valence-electron chi connectivity index (χ0n) is 18.0. The van der Waals surface area contributed by atoms with E-state index in [9.17, 15) is 4.79 Å². The number of furan rings is 1. The van der Waals surface area contributed by atoms with Crippen molar-refractivity contribution in [2.75, 3.05) is 13.1 Å². The van der Waals surface area contributed by atoms with Crippen LogP contribution in [0.3, 0.4) is 0 Å². The van der Waals surface area contributed by atoms with Crippen LogP contribution in [0, 0.1) is 5.92 Å². The van der Waals surface area contributed by atoms with Crippen molar-refractivity contribution in [2.45, 2.75) is 25.8 Å². The molecule has 5 rings (SSSR count). The van der Waals surface area contributed by atoms with Crippen LogP contribution in [0.5, 0.6) is 0 Å². The van der Waals surface area contributed by atoms with Gasteiger partial charge in [-0.3, -0.25) is 9.69 Å². The lowest BCUT2D eigenvalue weighted by Gasteiger charge is -2.30. The molecule has 0 atom stereocenters. The fourth-order valence-electron chi connectivity index (χ4n) is 4.55. The van der Waals surface area contributed by atoms with E-state index in [-0.39, 0.29) is 5.92 Å². The topological polar surface area (TPSA) is 53.7 Å². The number of piperidine rings is 1. The molecular formula is C28H27NO3. The molecule has 1 aliphatic heterocycles. The first-order chi connectivity index (χ1) is 15.6. The van der Waals surface area contributed by atoms with Gasteiger partial charge in [-0.05, 0) is 67.2 Å². The molecule has 0 aliphatic carbocycles. The van der Waals surface area contributed by atoms with Gasteiger partial charge in [0.2, 0.25) is 0 Å². The second-order valence-corrected chi connectivity index (χ2v) is 8.73. The normalized spacial score (nSPS) is 15.2. The van der Waals surface area contributed by atoms with E-state index in [1.54, 1.807) is 0 Å². The highest BCUT2D eigenvalue weighted by Crippen LogP contribution is 2.29. The molecule has 3 aromatic carbocycles. The molecule has 4 aromatic rings. The highest BCUT2D eigenvalue weighted by atomic mass is 16.4. The Hall–Kier alpha value is -3.37. The smallest absolute Gasteiger partial charge is 0.306 e. The summed E-state index contributed by atoms with van der Waals surface area (Å²) in [5.74, 6) is 0.0348. The number of likely N-dealkylation sites (tertiary alicyclic amines) is 1. The van der Waals surface area contributed by atoms with Crippen molar-refractivity contribution in [3.63, 3.8) is 0 Å². The van der Waals surface area contributed by atoms with Gasteiger partial charge in [0, 0.05) is 17.5 Å². The van der Waals surface area contributed by atoms with Crippen LogP contribution in [0.1, 0.15) is 29.5 Å². The molecule has 4 nitrogen and oxygen atoms in total. The Morgan fingerprint density at radius 1 is 0.875 bits per heavy atom. The van der Waals surface area contributed by atoms with Crippen LogP contribution >= 0.6 is 0 Å². The van der Waals surface area contributed by atoms with E-state index in [1.807, 2.05) is 6.07 Å². The first-order valence-electron chi connectivity index (χ1n) is 11.2. The number of nitrogens with zero attached hydrogens (tertiary/aromatic N) is 1. The van der Waals surface area contributed by atoms with E-state index in [1.165, 1.54) is 16.7 Å². The van der Waals surface area contributed by atoms with E-state index in [0.29, 0.717) is 0 Å². The van der Waals surface area contributed by atoms with Gasteiger partial charge in [0.15, 0.2) is 0 Å². The Kier molecular flexibility index (Phi) is 5.78. The molecule has 2 heterocycles. The minimum absolute atomic E-state index is 0.185. The van der Waals surface area contributed by atoms with Crippen LogP contribution in [0.15, 0.2) is 83.3 Å². The maximum atomic E-state index is 11.1. The maximum absolute atomic E-state index is 11.1. The monoisotopic (exact) mass is 425 g/mol. The number of hydrogen-bond donors (Lipinski definition) is 1. The Labute approximate surface area is 188 Å². The number of rotatable bonds is 6. The van der Waals surface area contributed by atoms with Gasteiger partial charge in [-0.25, -0.2) is 0 Å². The first kappa shape index (κ1) is 20.5. The summed E-state index contributed by atoms with van der Waals surface area (Å²) < 4.78 is 6.12. The first-order valence-corrected chi connectivity index (χ1v) is 11.2. The van der Waals surface area contributed by atoms with Crippen molar-refractivity contribution < 1.29 is 14.3 Å². The summed E-state index contributed by atoms with van der Waals surface area (Å²) in [7, 11) is 0. The summed E-state index contributed by atoms with van der Waals surface area (Å²) in [6.45, 7) is 2.54. The van der Waals surface area contributed by atoms with Gasteiger partial charge in [-0.2, -0.15) is 0 Å². The predicted molar refractivity (Wildman–Crippen MR) is 127 cm³/mol. The lowest BCUT2D eigenvalue weighted by molar-refractivity contribution is -0.143. The third-order valence-electron chi connectivity index (χ3n) is 6.41. The van der Waals surface area contributed by atoms with Gasteiger partial charge in [0.05, 0.1) is 5.92 Å². The summed E-state index contributed by atoms with van der Waals surface area (Å²) in [5, 5.41) is 10.3. The van der Waals surface area contributed by atoms with Crippen molar-refractivity contribution in [2.24, 2.45) is 5.92 Å². The van der Waals surface area contributed by atoms with Gasteiger partial charge in [-0.1, -0.05) is 60.7 Å². The molecule has 0 unspecified atom stereocenters. The van der Waals surface area contributed by atoms with E-state index >= 15 is 0 Å². The number of carbonyl (C=O) groups is 1. The van der Waals surface area contributed by atoms with Crippen LogP contribution in [-0.2, 0) is 17.8 Å². The molecule has 1 saturated heterocycles. The molecule has 0 amide bonds. The molecule has 1 N–H and O–H groups in total. The molecule has 1 aromatic heterocycles. The van der Waals surface area contributed by atoms with E-state index < -0.39 is 5.97 Å². The number of aliphatic carboxylic acids is 1. The van der Waals surface area contributed by atoms with Gasteiger partial charge >= 0.3 is 5.97 Å². The summed E-state index contributed by atoms with van der Waals surface area (Å²) >= 11 is 0. The molecule has 1 fully saturated rings. The molecule has 0 saturated carbocycles. The largest absolute Gasteiger partial charge is 0.481 e. The zero-order valence-corrected chi connectivity index (χ0v) is 18.0. The molecule has 0 bridgehead atoms. The number of carboxylic acids is 1. The highest BCUT2D eigenvalue weighted by Gasteiger charge is 2.24. The fraction of sp³-hybridized carbons (Fsp3) is 0.250. The highest BCUT2D eigenvalue weighted by molar-refractivity contribution is 5.83. The Morgan fingerprint density at radius 3 is 2.31 bits per heavy atom. The SMILES string of the molecule is O=C(O)C1CCN(Cc2ccc(-c3cc4cc(Cc5ccccc5)ccc4o3)cc2)CC1. The van der Waals surface area contributed by atoms with Gasteiger partial charge in [-0.15, -0.1) is 0 Å². The van der Waals surface area contributed by atoms with E-state index in [2.05, 4.69) is 77.7 Å². The second kappa shape index (κ2) is 9.01. The molecule has 0 radical (unpaired) electrons. The zero-order chi connectivity index (χ0) is 21.9. The lowest BCUT2D eigenvalue weighted by atomic mass is 9.97. The fourth-order valence-corrected chi connectivity index (χ4v) is 4.55. The van der Waals surface area contributed by atoms with Crippen molar-refractivity contribution in [3.8, 4) is 11.3 Å². The van der Waals surface area contributed by atoms with E-state index in [0.717, 1.165) is 61.2 Å². The third-order valence-corrected chi connectivity index (χ3v) is 6.41. The van der Waals surface area contributed by atoms with Crippen LogP contribution in [-0.4, -0.2) is 29.1 Å². The van der Waals surface area contributed by atoms with Crippen LogP contribution in [0.2, 0.25) is 0 Å². The van der Waals surface area contributed by atoms with Gasteiger partial charge < -0.3 is 9.52 Å². The lowest BCUT2D eigenvalue weighted by Crippen LogP contribution is -2.35. The molecule has 32 heavy (non-hydrogen) atoms. The number of hydrogen-bond acceptors (Lipinski definition) is 3. The van der Waals surface area contributed by atoms with Crippen molar-refractivity contribution in [1.29, 1.82) is 0 Å². The number of benzene rings is 3. The number of fused-ring (bicyclic) bond motifs is 1. The quantitative estimate of drug-likeness (QED) is 0.412. The molecule has 1 aliphatic rings. The van der Waals surface area contributed by atoms with E-state index in [4.69, 9.17) is 9.52 Å². The predicted octanol–water partition coefficient (Wildman–Crippen LogP) is 5.99. The molecular weight excluding hydrogens is 398 g/mol. The molecule has 4 heteroatoms. The van der Waals surface area contributed by atoms with Gasteiger partial charge in [0.25, 0.3) is 0 Å². The summed E-state index contributed by atoms with van der Waals surface area (Å²) in [4.78, 5) is 13.5. The van der Waals surface area contributed by atoms with Crippen molar-refractivity contribution in [3.05, 3.63) is 95.6 Å². The van der Waals surface area contributed by atoms with Gasteiger partial charge in [0.1, 0.15) is 11.3 Å². The Balaban J connectivity index is 1.26. The van der Waals surface area contributed by atoms with Crippen LogP contribution in [0.25, 0.3) is 22.3 Å². The Morgan fingerprint density at radius 2 is 1.59 bits per heavy atom. The third kappa shape index (κ3) is 4.61. The summed E-state index contributed by atoms with van der Waals surface area (Å²) in [5.41, 5.74) is 5.79. The van der Waals surface area contributed by atoms with Crippen LogP contribution < -0.4 is 0 Å². The number of carboxylic acid groups (broad SMARTS) is 1. The summed E-state index contributed by atoms with van der Waals surface area (Å²) in [6.07, 6.45) is 2.38. The standard InChI is InChI=1S/C28H27NO3/c30-28(31)24-12-14-29(15-13-24)19-21-6-9-23(10-7-21)27-18-25-17-22(8-11-26(25)32-27)16-20-4-2-1-3-5-20/h1-11,17-18,24H,12-16,19H2,(H,30,31). The average Bonchev–Trinajstić information content (AvgIpc) is 3.24.